The van der Waals surface area contributed by atoms with E-state index in [0.717, 1.165) is 5.75 Å². The molecule has 1 aromatic rings. The third-order valence-corrected chi connectivity index (χ3v) is 2.11. The van der Waals surface area contributed by atoms with Gasteiger partial charge in [0, 0.05) is 6.54 Å². The Hall–Kier alpha value is -1.55. The summed E-state index contributed by atoms with van der Waals surface area (Å²) in [7, 11) is 0. The van der Waals surface area contributed by atoms with Crippen molar-refractivity contribution < 1.29 is 14.6 Å². The molecule has 4 heteroatoms. The number of carboxylic acids is 1. The molecule has 1 unspecified atom stereocenters. The average molecular weight is 209 g/mol. The molecule has 0 aliphatic heterocycles. The smallest absolute Gasteiger partial charge is 0.307 e. The van der Waals surface area contributed by atoms with E-state index >= 15 is 0 Å². The SMILES string of the molecule is NCC(CCOc1ccccc1)C(=O)O. The van der Waals surface area contributed by atoms with E-state index in [-0.39, 0.29) is 6.54 Å². The predicted molar refractivity (Wildman–Crippen MR) is 56.7 cm³/mol. The summed E-state index contributed by atoms with van der Waals surface area (Å²) in [5.74, 6) is -0.637. The van der Waals surface area contributed by atoms with Crippen molar-refractivity contribution in [3.8, 4) is 5.75 Å². The lowest BCUT2D eigenvalue weighted by Gasteiger charge is -2.10. The fourth-order valence-electron chi connectivity index (χ4n) is 1.18. The standard InChI is InChI=1S/C11H15NO3/c12-8-9(11(13)14)6-7-15-10-4-2-1-3-5-10/h1-5,9H,6-8,12H2,(H,13,14). The quantitative estimate of drug-likeness (QED) is 0.736. The number of rotatable bonds is 6. The highest BCUT2D eigenvalue weighted by Crippen LogP contribution is 2.10. The molecule has 0 aliphatic carbocycles. The van der Waals surface area contributed by atoms with Crippen LogP contribution in [0.15, 0.2) is 30.3 Å². The van der Waals surface area contributed by atoms with Gasteiger partial charge in [-0.1, -0.05) is 18.2 Å². The summed E-state index contributed by atoms with van der Waals surface area (Å²) < 4.78 is 5.37. The van der Waals surface area contributed by atoms with E-state index < -0.39 is 11.9 Å². The Morgan fingerprint density at radius 1 is 1.40 bits per heavy atom. The van der Waals surface area contributed by atoms with Crippen LogP contribution in [0.5, 0.6) is 5.75 Å². The molecule has 1 atom stereocenters. The molecule has 0 saturated carbocycles. The van der Waals surface area contributed by atoms with Crippen molar-refractivity contribution in [2.75, 3.05) is 13.2 Å². The Labute approximate surface area is 88.7 Å². The van der Waals surface area contributed by atoms with Gasteiger partial charge in [-0.15, -0.1) is 0 Å². The molecule has 0 aromatic heterocycles. The molecule has 1 rings (SSSR count). The molecule has 0 saturated heterocycles. The van der Waals surface area contributed by atoms with E-state index in [1.54, 1.807) is 0 Å². The summed E-state index contributed by atoms with van der Waals surface area (Å²) in [5, 5.41) is 8.73. The third-order valence-electron chi connectivity index (χ3n) is 2.11. The van der Waals surface area contributed by atoms with Crippen LogP contribution in [-0.2, 0) is 4.79 Å². The summed E-state index contributed by atoms with van der Waals surface area (Å²) in [6.07, 6.45) is 0.431. The zero-order valence-electron chi connectivity index (χ0n) is 8.43. The number of carbonyl (C=O) groups is 1. The van der Waals surface area contributed by atoms with Gasteiger partial charge in [0.05, 0.1) is 12.5 Å². The monoisotopic (exact) mass is 209 g/mol. The number of hydrogen-bond donors (Lipinski definition) is 2. The van der Waals surface area contributed by atoms with Gasteiger partial charge in [0.1, 0.15) is 5.75 Å². The van der Waals surface area contributed by atoms with Gasteiger partial charge in [0.25, 0.3) is 0 Å². The maximum Gasteiger partial charge on any atom is 0.307 e. The Morgan fingerprint density at radius 2 is 2.07 bits per heavy atom. The summed E-state index contributed by atoms with van der Waals surface area (Å²) in [6, 6.07) is 9.29. The molecule has 0 spiro atoms. The molecule has 82 valence electrons. The second-order valence-electron chi connectivity index (χ2n) is 3.22. The maximum absolute atomic E-state index is 10.6. The Kier molecular flexibility index (Phi) is 4.63. The van der Waals surface area contributed by atoms with Crippen molar-refractivity contribution in [1.82, 2.24) is 0 Å². The lowest BCUT2D eigenvalue weighted by molar-refractivity contribution is -0.141. The summed E-state index contributed by atoms with van der Waals surface area (Å²) in [5.41, 5.74) is 5.32. The Balaban J connectivity index is 2.30. The highest BCUT2D eigenvalue weighted by molar-refractivity contribution is 5.70. The molecule has 0 amide bonds. The van der Waals surface area contributed by atoms with Crippen molar-refractivity contribution >= 4 is 5.97 Å². The fraction of sp³-hybridized carbons (Fsp3) is 0.364. The predicted octanol–water partition coefficient (Wildman–Crippen LogP) is 1.12. The van der Waals surface area contributed by atoms with Crippen LogP contribution >= 0.6 is 0 Å². The van der Waals surface area contributed by atoms with E-state index in [9.17, 15) is 4.79 Å². The van der Waals surface area contributed by atoms with Crippen LogP contribution in [0.3, 0.4) is 0 Å². The number of para-hydroxylation sites is 1. The first-order valence-electron chi connectivity index (χ1n) is 4.84. The molecule has 3 N–H and O–H groups in total. The van der Waals surface area contributed by atoms with Gasteiger partial charge in [0.15, 0.2) is 0 Å². The Morgan fingerprint density at radius 3 is 2.60 bits per heavy atom. The molecule has 4 nitrogen and oxygen atoms in total. The summed E-state index contributed by atoms with van der Waals surface area (Å²) in [6.45, 7) is 0.520. The van der Waals surface area contributed by atoms with Crippen molar-refractivity contribution in [3.63, 3.8) is 0 Å². The van der Waals surface area contributed by atoms with Gasteiger partial charge in [-0.05, 0) is 18.6 Å². The minimum atomic E-state index is -0.867. The number of nitrogens with two attached hydrogens (primary N) is 1. The molecular formula is C11H15NO3. The average Bonchev–Trinajstić information content (AvgIpc) is 2.25. The lowest BCUT2D eigenvalue weighted by atomic mass is 10.1. The van der Waals surface area contributed by atoms with Crippen LogP contribution in [0, 0.1) is 5.92 Å². The van der Waals surface area contributed by atoms with Gasteiger partial charge in [-0.3, -0.25) is 4.79 Å². The molecule has 1 aromatic carbocycles. The topological polar surface area (TPSA) is 72.5 Å². The number of benzene rings is 1. The number of carboxylic acid groups (broad SMARTS) is 1. The van der Waals surface area contributed by atoms with E-state index in [1.807, 2.05) is 30.3 Å². The van der Waals surface area contributed by atoms with Crippen LogP contribution in [-0.4, -0.2) is 24.2 Å². The first-order chi connectivity index (χ1) is 7.24. The highest BCUT2D eigenvalue weighted by atomic mass is 16.5. The molecular weight excluding hydrogens is 194 g/mol. The summed E-state index contributed by atoms with van der Waals surface area (Å²) >= 11 is 0. The molecule has 0 fully saturated rings. The first kappa shape index (κ1) is 11.5. The minimum absolute atomic E-state index is 0.146. The number of hydrogen-bond acceptors (Lipinski definition) is 3. The zero-order chi connectivity index (χ0) is 11.1. The van der Waals surface area contributed by atoms with Crippen molar-refractivity contribution in [2.24, 2.45) is 11.7 Å². The van der Waals surface area contributed by atoms with Gasteiger partial charge >= 0.3 is 5.97 Å². The van der Waals surface area contributed by atoms with E-state index in [1.165, 1.54) is 0 Å². The lowest BCUT2D eigenvalue weighted by Crippen LogP contribution is -2.25. The van der Waals surface area contributed by atoms with Crippen molar-refractivity contribution in [2.45, 2.75) is 6.42 Å². The number of aliphatic carboxylic acids is 1. The highest BCUT2D eigenvalue weighted by Gasteiger charge is 2.14. The van der Waals surface area contributed by atoms with Crippen LogP contribution in [0.25, 0.3) is 0 Å². The van der Waals surface area contributed by atoms with E-state index in [2.05, 4.69) is 0 Å². The van der Waals surface area contributed by atoms with Gasteiger partial charge in [-0.2, -0.15) is 0 Å². The second-order valence-corrected chi connectivity index (χ2v) is 3.22. The zero-order valence-corrected chi connectivity index (χ0v) is 8.43. The first-order valence-corrected chi connectivity index (χ1v) is 4.84. The second kappa shape index (κ2) is 6.03. The molecule has 0 heterocycles. The largest absolute Gasteiger partial charge is 0.494 e. The Bertz CT molecular complexity index is 300. The van der Waals surface area contributed by atoms with Crippen molar-refractivity contribution in [3.05, 3.63) is 30.3 Å². The molecule has 15 heavy (non-hydrogen) atoms. The van der Waals surface area contributed by atoms with E-state index in [4.69, 9.17) is 15.6 Å². The van der Waals surface area contributed by atoms with Crippen molar-refractivity contribution in [1.29, 1.82) is 0 Å². The van der Waals surface area contributed by atoms with Crippen LogP contribution < -0.4 is 10.5 Å². The third kappa shape index (κ3) is 3.99. The molecule has 0 aliphatic rings. The number of ether oxygens (including phenoxy) is 1. The van der Waals surface area contributed by atoms with E-state index in [0.29, 0.717) is 13.0 Å². The maximum atomic E-state index is 10.6. The van der Waals surface area contributed by atoms with Crippen LogP contribution in [0.2, 0.25) is 0 Å². The van der Waals surface area contributed by atoms with Crippen LogP contribution in [0.1, 0.15) is 6.42 Å². The normalized spacial score (nSPS) is 12.1. The molecule has 0 bridgehead atoms. The van der Waals surface area contributed by atoms with Gasteiger partial charge in [0.2, 0.25) is 0 Å². The van der Waals surface area contributed by atoms with Crippen LogP contribution in [0.4, 0.5) is 0 Å². The minimum Gasteiger partial charge on any atom is -0.494 e. The van der Waals surface area contributed by atoms with Gasteiger partial charge in [-0.25, -0.2) is 0 Å². The summed E-state index contributed by atoms with van der Waals surface area (Å²) in [4.78, 5) is 10.6. The van der Waals surface area contributed by atoms with Gasteiger partial charge < -0.3 is 15.6 Å². The molecule has 0 radical (unpaired) electrons. The fourth-order valence-corrected chi connectivity index (χ4v) is 1.18.